The van der Waals surface area contributed by atoms with Crippen molar-refractivity contribution in [2.75, 3.05) is 0 Å². The molecule has 0 unspecified atom stereocenters. The highest BCUT2D eigenvalue weighted by molar-refractivity contribution is 7.13. The standard InChI is InChI=1S/C12H13NS/c1-9(2)11-6-5-10(8-13-11)12-4-3-7-14-12/h3-9H,1-2H3. The van der Waals surface area contributed by atoms with Crippen molar-refractivity contribution in [3.8, 4) is 10.4 Å². The topological polar surface area (TPSA) is 12.9 Å². The van der Waals surface area contributed by atoms with E-state index in [1.54, 1.807) is 11.3 Å². The summed E-state index contributed by atoms with van der Waals surface area (Å²) in [5.74, 6) is 0.507. The van der Waals surface area contributed by atoms with Crippen LogP contribution in [0.2, 0.25) is 0 Å². The predicted octanol–water partition coefficient (Wildman–Crippen LogP) is 3.93. The zero-order valence-electron chi connectivity index (χ0n) is 8.40. The summed E-state index contributed by atoms with van der Waals surface area (Å²) in [5.41, 5.74) is 2.37. The first-order valence-corrected chi connectivity index (χ1v) is 5.65. The summed E-state index contributed by atoms with van der Waals surface area (Å²) in [4.78, 5) is 5.73. The summed E-state index contributed by atoms with van der Waals surface area (Å²) in [6, 6.07) is 8.45. The Bertz CT molecular complexity index is 387. The Balaban J connectivity index is 2.31. The van der Waals surface area contributed by atoms with Crippen molar-refractivity contribution in [2.45, 2.75) is 19.8 Å². The van der Waals surface area contributed by atoms with Gasteiger partial charge in [0.15, 0.2) is 0 Å². The van der Waals surface area contributed by atoms with Crippen LogP contribution < -0.4 is 0 Å². The van der Waals surface area contributed by atoms with Gasteiger partial charge in [0.05, 0.1) is 0 Å². The summed E-state index contributed by atoms with van der Waals surface area (Å²) in [7, 11) is 0. The number of pyridine rings is 1. The van der Waals surface area contributed by atoms with Crippen LogP contribution in [0, 0.1) is 0 Å². The molecule has 0 amide bonds. The van der Waals surface area contributed by atoms with Gasteiger partial charge in [-0.05, 0) is 23.4 Å². The summed E-state index contributed by atoms with van der Waals surface area (Å²) in [5, 5.41) is 2.09. The van der Waals surface area contributed by atoms with Crippen molar-refractivity contribution in [1.82, 2.24) is 4.98 Å². The molecule has 0 N–H and O–H groups in total. The lowest BCUT2D eigenvalue weighted by Crippen LogP contribution is -1.91. The van der Waals surface area contributed by atoms with Crippen LogP contribution in [0.25, 0.3) is 10.4 Å². The molecule has 2 heterocycles. The SMILES string of the molecule is CC(C)c1ccc(-c2cccs2)cn1. The Labute approximate surface area is 88.4 Å². The van der Waals surface area contributed by atoms with Crippen LogP contribution in [0.4, 0.5) is 0 Å². The molecular weight excluding hydrogens is 190 g/mol. The molecule has 0 atom stereocenters. The lowest BCUT2D eigenvalue weighted by Gasteiger charge is -2.04. The molecule has 72 valence electrons. The van der Waals surface area contributed by atoms with Gasteiger partial charge >= 0.3 is 0 Å². The molecule has 1 nitrogen and oxygen atoms in total. The van der Waals surface area contributed by atoms with Crippen molar-refractivity contribution in [1.29, 1.82) is 0 Å². The van der Waals surface area contributed by atoms with Gasteiger partial charge in [0.25, 0.3) is 0 Å². The van der Waals surface area contributed by atoms with Crippen LogP contribution in [-0.4, -0.2) is 4.98 Å². The summed E-state index contributed by atoms with van der Waals surface area (Å²) in [6.07, 6.45) is 1.96. The Morgan fingerprint density at radius 2 is 2.07 bits per heavy atom. The summed E-state index contributed by atoms with van der Waals surface area (Å²) in [6.45, 7) is 4.32. The lowest BCUT2D eigenvalue weighted by atomic mass is 10.1. The van der Waals surface area contributed by atoms with Gasteiger partial charge < -0.3 is 0 Å². The lowest BCUT2D eigenvalue weighted by molar-refractivity contribution is 0.823. The number of nitrogens with zero attached hydrogens (tertiary/aromatic N) is 1. The minimum atomic E-state index is 0.507. The quantitative estimate of drug-likeness (QED) is 0.720. The molecule has 0 fully saturated rings. The Hall–Kier alpha value is -1.15. The first-order chi connectivity index (χ1) is 6.77. The second-order valence-corrected chi connectivity index (χ2v) is 4.55. The van der Waals surface area contributed by atoms with E-state index in [0.29, 0.717) is 5.92 Å². The minimum Gasteiger partial charge on any atom is -0.260 e. The first-order valence-electron chi connectivity index (χ1n) is 4.77. The van der Waals surface area contributed by atoms with E-state index >= 15 is 0 Å². The molecular formula is C12H13NS. The third-order valence-corrected chi connectivity index (χ3v) is 3.10. The van der Waals surface area contributed by atoms with Crippen LogP contribution in [0.15, 0.2) is 35.8 Å². The first kappa shape index (κ1) is 9.41. The number of aromatic nitrogens is 1. The van der Waals surface area contributed by atoms with Gasteiger partial charge in [-0.2, -0.15) is 0 Å². The predicted molar refractivity (Wildman–Crippen MR) is 61.6 cm³/mol. The fourth-order valence-corrected chi connectivity index (χ4v) is 2.05. The van der Waals surface area contributed by atoms with E-state index < -0.39 is 0 Å². The number of hydrogen-bond donors (Lipinski definition) is 0. The molecule has 14 heavy (non-hydrogen) atoms. The molecule has 0 radical (unpaired) electrons. The maximum Gasteiger partial charge on any atom is 0.0429 e. The highest BCUT2D eigenvalue weighted by Gasteiger charge is 2.02. The largest absolute Gasteiger partial charge is 0.260 e. The fraction of sp³-hybridized carbons (Fsp3) is 0.250. The molecule has 2 aromatic heterocycles. The molecule has 0 aliphatic rings. The normalized spacial score (nSPS) is 10.8. The van der Waals surface area contributed by atoms with Crippen molar-refractivity contribution in [3.05, 3.63) is 41.5 Å². The van der Waals surface area contributed by atoms with Crippen LogP contribution in [0.1, 0.15) is 25.5 Å². The summed E-state index contributed by atoms with van der Waals surface area (Å²) < 4.78 is 0. The average Bonchev–Trinajstić information content (AvgIpc) is 2.71. The van der Waals surface area contributed by atoms with E-state index in [9.17, 15) is 0 Å². The van der Waals surface area contributed by atoms with Gasteiger partial charge in [-0.1, -0.05) is 26.0 Å². The van der Waals surface area contributed by atoms with E-state index in [1.807, 2.05) is 6.20 Å². The smallest absolute Gasteiger partial charge is 0.0429 e. The van der Waals surface area contributed by atoms with Gasteiger partial charge in [0.2, 0.25) is 0 Å². The number of thiophene rings is 1. The molecule has 2 aromatic rings. The maximum absolute atomic E-state index is 4.44. The van der Waals surface area contributed by atoms with Crippen LogP contribution in [0.3, 0.4) is 0 Å². The van der Waals surface area contributed by atoms with E-state index in [-0.39, 0.29) is 0 Å². The Morgan fingerprint density at radius 3 is 2.57 bits per heavy atom. The van der Waals surface area contributed by atoms with E-state index in [0.717, 1.165) is 5.69 Å². The highest BCUT2D eigenvalue weighted by atomic mass is 32.1. The molecule has 0 spiro atoms. The molecule has 0 saturated carbocycles. The zero-order valence-corrected chi connectivity index (χ0v) is 9.21. The van der Waals surface area contributed by atoms with E-state index in [1.165, 1.54) is 10.4 Å². The van der Waals surface area contributed by atoms with E-state index in [4.69, 9.17) is 0 Å². The van der Waals surface area contributed by atoms with Gasteiger partial charge in [-0.3, -0.25) is 4.98 Å². The van der Waals surface area contributed by atoms with Crippen molar-refractivity contribution < 1.29 is 0 Å². The molecule has 0 aromatic carbocycles. The van der Waals surface area contributed by atoms with Gasteiger partial charge in [0, 0.05) is 22.3 Å². The average molecular weight is 203 g/mol. The third-order valence-electron chi connectivity index (χ3n) is 2.18. The number of hydrogen-bond acceptors (Lipinski definition) is 2. The fourth-order valence-electron chi connectivity index (χ4n) is 1.34. The zero-order chi connectivity index (χ0) is 9.97. The van der Waals surface area contributed by atoms with E-state index in [2.05, 4.69) is 48.5 Å². The Morgan fingerprint density at radius 1 is 1.21 bits per heavy atom. The minimum absolute atomic E-state index is 0.507. The van der Waals surface area contributed by atoms with Crippen molar-refractivity contribution in [3.63, 3.8) is 0 Å². The second-order valence-electron chi connectivity index (χ2n) is 3.60. The van der Waals surface area contributed by atoms with Crippen LogP contribution >= 0.6 is 11.3 Å². The summed E-state index contributed by atoms with van der Waals surface area (Å²) >= 11 is 1.75. The third kappa shape index (κ3) is 1.85. The highest BCUT2D eigenvalue weighted by Crippen LogP contribution is 2.24. The van der Waals surface area contributed by atoms with Gasteiger partial charge in [0.1, 0.15) is 0 Å². The molecule has 0 bridgehead atoms. The molecule has 0 saturated heterocycles. The van der Waals surface area contributed by atoms with Crippen LogP contribution in [-0.2, 0) is 0 Å². The molecule has 2 heteroatoms. The van der Waals surface area contributed by atoms with Crippen LogP contribution in [0.5, 0.6) is 0 Å². The van der Waals surface area contributed by atoms with Crippen molar-refractivity contribution >= 4 is 11.3 Å². The maximum atomic E-state index is 4.44. The number of rotatable bonds is 2. The Kier molecular flexibility index (Phi) is 2.64. The monoisotopic (exact) mass is 203 g/mol. The molecule has 0 aliphatic heterocycles. The second kappa shape index (κ2) is 3.93. The van der Waals surface area contributed by atoms with Crippen molar-refractivity contribution in [2.24, 2.45) is 0 Å². The molecule has 2 rings (SSSR count). The van der Waals surface area contributed by atoms with Gasteiger partial charge in [-0.15, -0.1) is 11.3 Å². The molecule has 0 aliphatic carbocycles. The van der Waals surface area contributed by atoms with Gasteiger partial charge in [-0.25, -0.2) is 0 Å².